The number of ether oxygens (including phenoxy) is 2. The second-order valence-corrected chi connectivity index (χ2v) is 10.5. The second kappa shape index (κ2) is 10.6. The van der Waals surface area contributed by atoms with Crippen molar-refractivity contribution in [2.75, 3.05) is 13.2 Å². The summed E-state index contributed by atoms with van der Waals surface area (Å²) in [6.07, 6.45) is -3.28. The molecule has 13 heteroatoms. The van der Waals surface area contributed by atoms with E-state index in [9.17, 15) is 17.6 Å². The van der Waals surface area contributed by atoms with Crippen LogP contribution in [0.1, 0.15) is 40.3 Å². The number of aryl methyl sites for hydroxylation is 1. The Bertz CT molecular complexity index is 1570. The lowest BCUT2D eigenvalue weighted by Crippen LogP contribution is -2.34. The van der Waals surface area contributed by atoms with Gasteiger partial charge in [0.25, 0.3) is 0 Å². The van der Waals surface area contributed by atoms with Gasteiger partial charge in [-0.3, -0.25) is 4.90 Å². The van der Waals surface area contributed by atoms with E-state index < -0.39 is 30.0 Å². The number of hydrogen-bond acceptors (Lipinski definition) is 7. The highest BCUT2D eigenvalue weighted by Gasteiger charge is 2.37. The maximum Gasteiger partial charge on any atom is 0.421 e. The third-order valence-electron chi connectivity index (χ3n) is 7.15. The zero-order valence-electron chi connectivity index (χ0n) is 21.5. The highest BCUT2D eigenvalue weighted by atomic mass is 35.5. The Morgan fingerprint density at radius 1 is 1.15 bits per heavy atom. The number of pyridine rings is 1. The molecule has 6 rings (SSSR count). The second-order valence-electron chi connectivity index (χ2n) is 10.0. The van der Waals surface area contributed by atoms with Crippen LogP contribution in [-0.2, 0) is 43.6 Å². The summed E-state index contributed by atoms with van der Waals surface area (Å²) in [5, 5.41) is 8.71. The van der Waals surface area contributed by atoms with Gasteiger partial charge in [0.05, 0.1) is 30.6 Å². The summed E-state index contributed by atoms with van der Waals surface area (Å²) in [5.41, 5.74) is 2.24. The molecule has 0 unspecified atom stereocenters. The molecule has 0 amide bonds. The Balaban J connectivity index is 1.26. The lowest BCUT2D eigenvalue weighted by atomic mass is 10.0. The zero-order valence-corrected chi connectivity index (χ0v) is 22.3. The van der Waals surface area contributed by atoms with Crippen LogP contribution in [0, 0.1) is 12.7 Å². The van der Waals surface area contributed by atoms with Crippen molar-refractivity contribution in [3.63, 3.8) is 0 Å². The maximum absolute atomic E-state index is 14.2. The Hall–Kier alpha value is -3.35. The van der Waals surface area contributed by atoms with E-state index in [-0.39, 0.29) is 16.7 Å². The number of halogens is 5. The molecule has 0 saturated carbocycles. The average molecular weight is 577 g/mol. The Morgan fingerprint density at radius 3 is 2.70 bits per heavy atom. The van der Waals surface area contributed by atoms with Crippen molar-refractivity contribution in [3.8, 4) is 5.88 Å². The van der Waals surface area contributed by atoms with E-state index in [0.29, 0.717) is 49.5 Å². The lowest BCUT2D eigenvalue weighted by molar-refractivity contribution is -0.139. The van der Waals surface area contributed by atoms with Crippen LogP contribution in [0.3, 0.4) is 0 Å². The van der Waals surface area contributed by atoms with Crippen molar-refractivity contribution in [2.24, 2.45) is 0 Å². The Labute approximate surface area is 231 Å². The molecular weight excluding hydrogens is 552 g/mol. The number of imidazole rings is 1. The van der Waals surface area contributed by atoms with Crippen molar-refractivity contribution in [3.05, 3.63) is 75.1 Å². The van der Waals surface area contributed by atoms with Gasteiger partial charge < -0.3 is 14.0 Å². The number of hydrogen-bond donors (Lipinski definition) is 0. The van der Waals surface area contributed by atoms with E-state index >= 15 is 0 Å². The van der Waals surface area contributed by atoms with E-state index in [1.54, 1.807) is 0 Å². The smallest absolute Gasteiger partial charge is 0.421 e. The topological polar surface area (TPSA) is 78.2 Å². The van der Waals surface area contributed by atoms with Crippen molar-refractivity contribution in [2.45, 2.75) is 58.3 Å². The number of aromatic nitrogens is 5. The molecular formula is C27H25ClF4N6O2. The van der Waals surface area contributed by atoms with E-state index in [1.165, 1.54) is 12.1 Å². The van der Waals surface area contributed by atoms with Gasteiger partial charge in [0.15, 0.2) is 5.65 Å². The van der Waals surface area contributed by atoms with E-state index in [1.807, 2.05) is 17.6 Å². The van der Waals surface area contributed by atoms with Crippen molar-refractivity contribution < 1.29 is 27.0 Å². The fourth-order valence-electron chi connectivity index (χ4n) is 4.94. The largest absolute Gasteiger partial charge is 0.472 e. The van der Waals surface area contributed by atoms with Crippen LogP contribution in [0.2, 0.25) is 5.02 Å². The molecule has 0 bridgehead atoms. The molecule has 1 saturated heterocycles. The lowest BCUT2D eigenvalue weighted by Gasteiger charge is -2.30. The molecule has 1 atom stereocenters. The van der Waals surface area contributed by atoms with E-state index in [2.05, 4.69) is 20.1 Å². The molecule has 0 N–H and O–H groups in total. The van der Waals surface area contributed by atoms with E-state index in [0.717, 1.165) is 42.2 Å². The molecule has 4 aromatic rings. The van der Waals surface area contributed by atoms with Gasteiger partial charge >= 0.3 is 6.18 Å². The van der Waals surface area contributed by atoms with Gasteiger partial charge in [-0.25, -0.2) is 14.4 Å². The fourth-order valence-corrected chi connectivity index (χ4v) is 5.10. The summed E-state index contributed by atoms with van der Waals surface area (Å²) in [7, 11) is 0. The van der Waals surface area contributed by atoms with Crippen molar-refractivity contribution in [1.82, 2.24) is 29.6 Å². The van der Waals surface area contributed by atoms with Gasteiger partial charge in [-0.15, -0.1) is 5.10 Å². The highest BCUT2D eigenvalue weighted by Crippen LogP contribution is 2.38. The van der Waals surface area contributed by atoms with Crippen LogP contribution in [0.5, 0.6) is 5.88 Å². The zero-order chi connectivity index (χ0) is 28.0. The summed E-state index contributed by atoms with van der Waals surface area (Å²) < 4.78 is 69.0. The number of nitrogens with zero attached hydrogens (tertiary/aromatic N) is 6. The number of fused-ring (bicyclic) bond motifs is 2. The summed E-state index contributed by atoms with van der Waals surface area (Å²) in [6, 6.07) is 6.87. The first-order valence-electron chi connectivity index (χ1n) is 12.8. The molecule has 0 spiro atoms. The predicted molar refractivity (Wildman–Crippen MR) is 137 cm³/mol. The van der Waals surface area contributed by atoms with Crippen LogP contribution in [0.4, 0.5) is 17.6 Å². The number of alkyl halides is 3. The molecule has 3 aromatic heterocycles. The SMILES string of the molecule is Cc1cc2nc(CN3CCc4cc(C(F)(F)F)c(OCc5ccc(Cl)cc5F)nc4C3)n(C[C@@H]3CCO3)c2nn1. The fraction of sp³-hybridized carbons (Fsp3) is 0.407. The standard InChI is InChI=1S/C27H25ClF4N6O2/c1-15-8-22-25(36-35-15)38(11-19-5-7-39-19)24(33-22)13-37-6-4-16-9-20(27(30,31)32)26(34-23(16)12-37)40-14-17-2-3-18(28)10-21(17)29/h2-3,8-10,19H,4-7,11-14H2,1H3/t19-/m0/s1. The maximum atomic E-state index is 14.2. The molecule has 1 fully saturated rings. The molecule has 1 aromatic carbocycles. The average Bonchev–Trinajstić information content (AvgIpc) is 3.20. The third-order valence-corrected chi connectivity index (χ3v) is 7.39. The normalized spacial score (nSPS) is 17.6. The number of rotatable bonds is 7. The minimum absolute atomic E-state index is 0.0753. The van der Waals surface area contributed by atoms with E-state index in [4.69, 9.17) is 26.1 Å². The minimum atomic E-state index is -4.68. The summed E-state index contributed by atoms with van der Waals surface area (Å²) >= 11 is 5.78. The summed E-state index contributed by atoms with van der Waals surface area (Å²) in [5.74, 6) is -0.474. The van der Waals surface area contributed by atoms with Gasteiger partial charge in [-0.1, -0.05) is 17.7 Å². The highest BCUT2D eigenvalue weighted by molar-refractivity contribution is 6.30. The minimum Gasteiger partial charge on any atom is -0.472 e. The van der Waals surface area contributed by atoms with Crippen LogP contribution in [-0.4, -0.2) is 48.9 Å². The quantitative estimate of drug-likeness (QED) is 0.278. The Kier molecular flexibility index (Phi) is 7.09. The predicted octanol–water partition coefficient (Wildman–Crippen LogP) is 5.27. The molecule has 0 aliphatic carbocycles. The van der Waals surface area contributed by atoms with Gasteiger partial charge in [0, 0.05) is 30.3 Å². The molecule has 5 heterocycles. The van der Waals surface area contributed by atoms with Gasteiger partial charge in [-0.2, -0.15) is 18.3 Å². The molecule has 8 nitrogen and oxygen atoms in total. The first-order valence-corrected chi connectivity index (χ1v) is 13.2. The first-order chi connectivity index (χ1) is 19.1. The first kappa shape index (κ1) is 26.9. The third kappa shape index (κ3) is 5.48. The molecule has 2 aliphatic heterocycles. The summed E-state index contributed by atoms with van der Waals surface area (Å²) in [6.45, 7) is 4.01. The van der Waals surface area contributed by atoms with Crippen molar-refractivity contribution >= 4 is 22.8 Å². The van der Waals surface area contributed by atoms with Crippen LogP contribution >= 0.6 is 11.6 Å². The molecule has 40 heavy (non-hydrogen) atoms. The van der Waals surface area contributed by atoms with Crippen LogP contribution in [0.25, 0.3) is 11.2 Å². The van der Waals surface area contributed by atoms with Crippen molar-refractivity contribution in [1.29, 1.82) is 0 Å². The molecule has 210 valence electrons. The van der Waals surface area contributed by atoms with Gasteiger partial charge in [0.2, 0.25) is 5.88 Å². The molecule has 2 aliphatic rings. The van der Waals surface area contributed by atoms with Crippen LogP contribution < -0.4 is 4.74 Å². The Morgan fingerprint density at radius 2 is 1.98 bits per heavy atom. The number of benzene rings is 1. The van der Waals surface area contributed by atoms with Crippen LogP contribution in [0.15, 0.2) is 30.3 Å². The molecule has 0 radical (unpaired) electrons. The van der Waals surface area contributed by atoms with Gasteiger partial charge in [0.1, 0.15) is 29.3 Å². The summed E-state index contributed by atoms with van der Waals surface area (Å²) in [4.78, 5) is 11.2. The van der Waals surface area contributed by atoms with Gasteiger partial charge in [-0.05, 0) is 49.6 Å². The monoisotopic (exact) mass is 576 g/mol.